The van der Waals surface area contributed by atoms with Crippen LogP contribution < -0.4 is 24.8 Å². The first-order valence-electron chi connectivity index (χ1n) is 10.4. The van der Waals surface area contributed by atoms with Crippen molar-refractivity contribution < 1.29 is 24.1 Å². The predicted molar refractivity (Wildman–Crippen MR) is 109 cm³/mol. The Balaban J connectivity index is 1.41. The molecule has 3 N–H and O–H groups in total. The van der Waals surface area contributed by atoms with Gasteiger partial charge in [-0.3, -0.25) is 4.79 Å². The number of amides is 1. The lowest BCUT2D eigenvalue weighted by atomic mass is 10.0. The molecular weight excluding hydrogens is 356 g/mol. The van der Waals surface area contributed by atoms with Gasteiger partial charge in [-0.25, -0.2) is 0 Å². The number of quaternary nitrogens is 2. The fraction of sp³-hybridized carbons (Fsp3) is 0.667. The summed E-state index contributed by atoms with van der Waals surface area (Å²) in [6.45, 7) is 13.2. The second kappa shape index (κ2) is 9.58. The molecule has 2 aliphatic rings. The Labute approximate surface area is 168 Å². The van der Waals surface area contributed by atoms with Gasteiger partial charge in [-0.05, 0) is 26.0 Å². The molecule has 0 radical (unpaired) electrons. The molecule has 2 aliphatic heterocycles. The number of nitrogens with zero attached hydrogens (tertiary/aromatic N) is 1. The lowest BCUT2D eigenvalue weighted by molar-refractivity contribution is -0.954. The van der Waals surface area contributed by atoms with Crippen LogP contribution in [0.2, 0.25) is 0 Å². The third kappa shape index (κ3) is 5.59. The standard InChI is InChI=1S/C21H34N4O3/c1-21(2,25-11-13-28-14-12-25)17-22-20(26)16-23-7-9-24(10-8-23)18-5-4-6-19(15-18)27-3/h4-6,15H,7-14,16-17H2,1-3H3,(H,22,26)/p+2. The Morgan fingerprint density at radius 3 is 2.61 bits per heavy atom. The fourth-order valence-electron chi connectivity index (χ4n) is 4.09. The minimum Gasteiger partial charge on any atom is -0.497 e. The van der Waals surface area contributed by atoms with Gasteiger partial charge in [0.15, 0.2) is 6.54 Å². The second-order valence-electron chi connectivity index (χ2n) is 8.49. The Morgan fingerprint density at radius 2 is 1.93 bits per heavy atom. The number of nitrogens with one attached hydrogen (secondary N) is 3. The van der Waals surface area contributed by atoms with E-state index >= 15 is 0 Å². The topological polar surface area (TPSA) is 59.7 Å². The van der Waals surface area contributed by atoms with E-state index in [-0.39, 0.29) is 11.4 Å². The molecule has 28 heavy (non-hydrogen) atoms. The van der Waals surface area contributed by atoms with Crippen LogP contribution in [0.1, 0.15) is 13.8 Å². The highest BCUT2D eigenvalue weighted by molar-refractivity contribution is 5.76. The fourth-order valence-corrected chi connectivity index (χ4v) is 4.09. The number of hydrogen-bond acceptors (Lipinski definition) is 4. The molecule has 1 amide bonds. The van der Waals surface area contributed by atoms with Crippen molar-refractivity contribution >= 4 is 11.6 Å². The Kier molecular flexibility index (Phi) is 7.15. The highest BCUT2D eigenvalue weighted by atomic mass is 16.5. The van der Waals surface area contributed by atoms with Crippen molar-refractivity contribution in [1.29, 1.82) is 0 Å². The molecular formula is C21H36N4O3+2. The zero-order chi connectivity index (χ0) is 20.0. The van der Waals surface area contributed by atoms with E-state index in [1.54, 1.807) is 7.11 Å². The number of morpholine rings is 1. The van der Waals surface area contributed by atoms with Crippen LogP contribution in [0.3, 0.4) is 0 Å². The largest absolute Gasteiger partial charge is 0.497 e. The highest BCUT2D eigenvalue weighted by Gasteiger charge is 2.33. The van der Waals surface area contributed by atoms with Crippen LogP contribution in [-0.2, 0) is 9.53 Å². The van der Waals surface area contributed by atoms with E-state index in [0.29, 0.717) is 13.1 Å². The number of methoxy groups -OCH3 is 1. The number of carbonyl (C=O) groups excluding carboxylic acids is 1. The van der Waals surface area contributed by atoms with E-state index < -0.39 is 0 Å². The molecule has 2 heterocycles. The maximum Gasteiger partial charge on any atom is 0.275 e. The molecule has 0 spiro atoms. The molecule has 0 bridgehead atoms. The third-order valence-electron chi connectivity index (χ3n) is 6.08. The molecule has 1 aromatic rings. The molecule has 0 aliphatic carbocycles. The third-order valence-corrected chi connectivity index (χ3v) is 6.08. The number of piperazine rings is 1. The Hall–Kier alpha value is -1.83. The molecule has 156 valence electrons. The normalized spacial score (nSPS) is 19.5. The number of ether oxygens (including phenoxy) is 2. The lowest BCUT2D eigenvalue weighted by Crippen LogP contribution is -3.22. The number of hydrogen-bond donors (Lipinski definition) is 3. The summed E-state index contributed by atoms with van der Waals surface area (Å²) in [7, 11) is 1.70. The maximum absolute atomic E-state index is 12.5. The number of benzene rings is 1. The summed E-state index contributed by atoms with van der Waals surface area (Å²) < 4.78 is 10.8. The monoisotopic (exact) mass is 392 g/mol. The number of anilines is 1. The second-order valence-corrected chi connectivity index (χ2v) is 8.49. The summed E-state index contributed by atoms with van der Waals surface area (Å²) in [5.74, 6) is 1.04. The van der Waals surface area contributed by atoms with Crippen molar-refractivity contribution in [3.05, 3.63) is 24.3 Å². The van der Waals surface area contributed by atoms with E-state index in [9.17, 15) is 4.79 Å². The zero-order valence-electron chi connectivity index (χ0n) is 17.6. The van der Waals surface area contributed by atoms with E-state index in [1.165, 1.54) is 15.5 Å². The molecule has 1 aromatic carbocycles. The molecule has 7 heteroatoms. The average molecular weight is 393 g/mol. The summed E-state index contributed by atoms with van der Waals surface area (Å²) in [4.78, 5) is 17.7. The quantitative estimate of drug-likeness (QED) is 0.513. The molecule has 7 nitrogen and oxygen atoms in total. The van der Waals surface area contributed by atoms with E-state index in [0.717, 1.165) is 58.2 Å². The van der Waals surface area contributed by atoms with Gasteiger partial charge in [-0.2, -0.15) is 0 Å². The minimum atomic E-state index is 0.0415. The smallest absolute Gasteiger partial charge is 0.275 e. The van der Waals surface area contributed by atoms with Gasteiger partial charge in [0.05, 0.1) is 53.0 Å². The van der Waals surface area contributed by atoms with Gasteiger partial charge in [0, 0.05) is 11.8 Å². The SMILES string of the molecule is COc1cccc(N2CC[NH+](CC(=O)NCC(C)(C)[NH+]3CCOCC3)CC2)c1. The van der Waals surface area contributed by atoms with Gasteiger partial charge >= 0.3 is 0 Å². The minimum absolute atomic E-state index is 0.0415. The zero-order valence-corrected chi connectivity index (χ0v) is 17.6. The summed E-state index contributed by atoms with van der Waals surface area (Å²) in [5, 5.41) is 3.17. The van der Waals surface area contributed by atoms with Crippen LogP contribution in [-0.4, -0.2) is 84.1 Å². The first-order chi connectivity index (χ1) is 13.5. The Morgan fingerprint density at radius 1 is 1.21 bits per heavy atom. The Bertz CT molecular complexity index is 638. The summed E-state index contributed by atoms with van der Waals surface area (Å²) >= 11 is 0. The van der Waals surface area contributed by atoms with E-state index in [1.807, 2.05) is 12.1 Å². The van der Waals surface area contributed by atoms with Gasteiger partial charge in [0.2, 0.25) is 0 Å². The van der Waals surface area contributed by atoms with Crippen molar-refractivity contribution in [2.24, 2.45) is 0 Å². The highest BCUT2D eigenvalue weighted by Crippen LogP contribution is 2.20. The molecule has 0 unspecified atom stereocenters. The summed E-state index contributed by atoms with van der Waals surface area (Å²) in [6, 6.07) is 8.19. The first-order valence-corrected chi connectivity index (χ1v) is 10.4. The van der Waals surface area contributed by atoms with Crippen LogP contribution in [0.25, 0.3) is 0 Å². The first kappa shape index (κ1) is 20.9. The van der Waals surface area contributed by atoms with Gasteiger partial charge in [0.25, 0.3) is 5.91 Å². The van der Waals surface area contributed by atoms with Crippen molar-refractivity contribution in [2.45, 2.75) is 19.4 Å². The van der Waals surface area contributed by atoms with Crippen molar-refractivity contribution in [3.8, 4) is 5.75 Å². The van der Waals surface area contributed by atoms with Gasteiger partial charge < -0.3 is 29.5 Å². The van der Waals surface area contributed by atoms with Crippen LogP contribution in [0.5, 0.6) is 5.75 Å². The number of carbonyl (C=O) groups is 1. The van der Waals surface area contributed by atoms with E-state index in [4.69, 9.17) is 9.47 Å². The summed E-state index contributed by atoms with van der Waals surface area (Å²) in [6.07, 6.45) is 0. The van der Waals surface area contributed by atoms with Gasteiger partial charge in [-0.15, -0.1) is 0 Å². The number of rotatable bonds is 7. The lowest BCUT2D eigenvalue weighted by Gasteiger charge is -2.38. The predicted octanol–water partition coefficient (Wildman–Crippen LogP) is -1.79. The van der Waals surface area contributed by atoms with Crippen molar-refractivity contribution in [1.82, 2.24) is 5.32 Å². The van der Waals surface area contributed by atoms with Crippen LogP contribution >= 0.6 is 0 Å². The molecule has 3 rings (SSSR count). The van der Waals surface area contributed by atoms with Gasteiger partial charge in [0.1, 0.15) is 24.4 Å². The van der Waals surface area contributed by atoms with Crippen molar-refractivity contribution in [2.75, 3.05) is 77.6 Å². The molecule has 0 saturated carbocycles. The van der Waals surface area contributed by atoms with Crippen LogP contribution in [0, 0.1) is 0 Å². The molecule has 2 fully saturated rings. The van der Waals surface area contributed by atoms with Crippen LogP contribution in [0.4, 0.5) is 5.69 Å². The maximum atomic E-state index is 12.5. The average Bonchev–Trinajstić information content (AvgIpc) is 2.73. The molecule has 2 saturated heterocycles. The molecule has 0 atom stereocenters. The van der Waals surface area contributed by atoms with Crippen LogP contribution in [0.15, 0.2) is 24.3 Å². The van der Waals surface area contributed by atoms with E-state index in [2.05, 4.69) is 36.2 Å². The molecule has 0 aromatic heterocycles. The summed E-state index contributed by atoms with van der Waals surface area (Å²) in [5.41, 5.74) is 1.23. The van der Waals surface area contributed by atoms with Crippen molar-refractivity contribution in [3.63, 3.8) is 0 Å². The van der Waals surface area contributed by atoms with Gasteiger partial charge in [-0.1, -0.05) is 6.07 Å².